The lowest BCUT2D eigenvalue weighted by Gasteiger charge is -2.45. The van der Waals surface area contributed by atoms with Crippen LogP contribution in [0.4, 0.5) is 18.9 Å². The van der Waals surface area contributed by atoms with Gasteiger partial charge in [0, 0.05) is 5.69 Å². The van der Waals surface area contributed by atoms with Crippen LogP contribution in [-0.2, 0) is 11.3 Å². The smallest absolute Gasteiger partial charge is 0.369 e. The van der Waals surface area contributed by atoms with Crippen molar-refractivity contribution < 1.29 is 17.9 Å². The van der Waals surface area contributed by atoms with Crippen molar-refractivity contribution in [1.82, 2.24) is 0 Å². The minimum absolute atomic E-state index is 0.112. The van der Waals surface area contributed by atoms with Gasteiger partial charge in [0.25, 0.3) is 0 Å². The second-order valence-corrected chi connectivity index (χ2v) is 6.59. The molecule has 0 amide bonds. The normalized spacial score (nSPS) is 20.0. The van der Waals surface area contributed by atoms with Gasteiger partial charge >= 0.3 is 6.18 Å². The Morgan fingerprint density at radius 3 is 2.35 bits per heavy atom. The van der Waals surface area contributed by atoms with Gasteiger partial charge in [0.05, 0.1) is 6.61 Å². The Balaban J connectivity index is 1.77. The average molecular weight is 369 g/mol. The van der Waals surface area contributed by atoms with E-state index in [0.29, 0.717) is 5.56 Å². The van der Waals surface area contributed by atoms with Crippen LogP contribution in [0.5, 0.6) is 0 Å². The molecule has 1 fully saturated rings. The van der Waals surface area contributed by atoms with E-state index in [9.17, 15) is 13.2 Å². The fourth-order valence-corrected chi connectivity index (χ4v) is 3.52. The molecule has 142 valence electrons. The molecule has 0 unspecified atom stereocenters. The molecule has 3 rings (SSSR count). The number of anilines is 1. The van der Waals surface area contributed by atoms with Crippen LogP contribution in [0.2, 0.25) is 0 Å². The van der Waals surface area contributed by atoms with Crippen LogP contribution in [0.25, 0.3) is 0 Å². The van der Waals surface area contributed by atoms with Gasteiger partial charge in [-0.05, 0) is 43.4 Å². The molecule has 2 aliphatic rings. The first-order chi connectivity index (χ1) is 12.3. The minimum atomic E-state index is -4.33. The number of nitrogens with two attached hydrogens (primary N) is 2. The lowest BCUT2D eigenvalue weighted by atomic mass is 9.87. The first-order valence-electron chi connectivity index (χ1n) is 8.52. The van der Waals surface area contributed by atoms with E-state index in [1.165, 1.54) is 0 Å². The molecule has 1 saturated carbocycles. The summed E-state index contributed by atoms with van der Waals surface area (Å²) in [5.74, 6) is 0.457. The predicted molar refractivity (Wildman–Crippen MR) is 93.7 cm³/mol. The summed E-state index contributed by atoms with van der Waals surface area (Å²) in [6.07, 6.45) is 0.482. The van der Waals surface area contributed by atoms with Crippen molar-refractivity contribution in [3.8, 4) is 0 Å². The topological polar surface area (TPSA) is 89.2 Å². The summed E-state index contributed by atoms with van der Waals surface area (Å²) in [5, 5.41) is 0. The molecule has 1 aliphatic carbocycles. The van der Waals surface area contributed by atoms with Gasteiger partial charge in [0.2, 0.25) is 11.9 Å². The van der Waals surface area contributed by atoms with Crippen molar-refractivity contribution in [2.24, 2.45) is 21.5 Å². The number of hydrogen-bond acceptors (Lipinski definition) is 6. The van der Waals surface area contributed by atoms with E-state index in [1.807, 2.05) is 4.90 Å². The number of hydrogen-bond donors (Lipinski definition) is 2. The third-order valence-corrected chi connectivity index (χ3v) is 4.58. The summed E-state index contributed by atoms with van der Waals surface area (Å²) in [5.41, 5.74) is 12.9. The molecular formula is C17H22F3N5O. The second-order valence-electron chi connectivity index (χ2n) is 6.59. The molecule has 4 N–H and O–H groups in total. The second kappa shape index (κ2) is 7.14. The van der Waals surface area contributed by atoms with E-state index >= 15 is 0 Å². The van der Waals surface area contributed by atoms with E-state index in [1.54, 1.807) is 24.3 Å². The zero-order valence-electron chi connectivity index (χ0n) is 14.3. The number of rotatable bonds is 4. The molecule has 26 heavy (non-hydrogen) atoms. The van der Waals surface area contributed by atoms with Gasteiger partial charge in [-0.3, -0.25) is 4.90 Å². The highest BCUT2D eigenvalue weighted by atomic mass is 19.4. The Morgan fingerprint density at radius 2 is 1.73 bits per heavy atom. The first-order valence-corrected chi connectivity index (χ1v) is 8.52. The van der Waals surface area contributed by atoms with Crippen LogP contribution in [0.1, 0.15) is 37.7 Å². The Hall–Kier alpha value is -2.29. The van der Waals surface area contributed by atoms with Crippen molar-refractivity contribution in [2.45, 2.75) is 50.6 Å². The molecule has 0 saturated heterocycles. The van der Waals surface area contributed by atoms with E-state index < -0.39 is 18.4 Å². The number of nitrogens with zero attached hydrogens (tertiary/aromatic N) is 3. The Bertz CT molecular complexity index is 693. The van der Waals surface area contributed by atoms with Gasteiger partial charge in [0.1, 0.15) is 12.3 Å². The maximum absolute atomic E-state index is 12.2. The Morgan fingerprint density at radius 1 is 1.08 bits per heavy atom. The van der Waals surface area contributed by atoms with Gasteiger partial charge in [-0.15, -0.1) is 0 Å². The number of ether oxygens (including phenoxy) is 1. The zero-order chi connectivity index (χ0) is 18.8. The zero-order valence-corrected chi connectivity index (χ0v) is 14.3. The molecule has 0 bridgehead atoms. The summed E-state index contributed by atoms with van der Waals surface area (Å²) in [4.78, 5) is 10.5. The van der Waals surface area contributed by atoms with E-state index in [4.69, 9.17) is 11.5 Å². The highest BCUT2D eigenvalue weighted by Crippen LogP contribution is 2.39. The first kappa shape index (κ1) is 18.5. The summed E-state index contributed by atoms with van der Waals surface area (Å²) in [7, 11) is 0. The van der Waals surface area contributed by atoms with Gasteiger partial charge < -0.3 is 16.2 Å². The SMILES string of the molecule is NC1=NC2(CCCCC2)N(c2ccc(COCC(F)(F)F)cc2)C(N)=N1. The molecule has 1 heterocycles. The molecule has 1 aliphatic heterocycles. The average Bonchev–Trinajstić information content (AvgIpc) is 2.55. The highest BCUT2D eigenvalue weighted by Gasteiger charge is 2.42. The van der Waals surface area contributed by atoms with E-state index in [-0.39, 0.29) is 18.5 Å². The molecule has 1 spiro atoms. The van der Waals surface area contributed by atoms with E-state index in [0.717, 1.165) is 37.8 Å². The van der Waals surface area contributed by atoms with Crippen molar-refractivity contribution in [2.75, 3.05) is 11.5 Å². The lowest BCUT2D eigenvalue weighted by molar-refractivity contribution is -0.176. The Kier molecular flexibility index (Phi) is 5.08. The molecule has 0 atom stereocenters. The minimum Gasteiger partial charge on any atom is -0.369 e. The highest BCUT2D eigenvalue weighted by molar-refractivity contribution is 6.05. The quantitative estimate of drug-likeness (QED) is 0.854. The molecule has 1 aromatic carbocycles. The monoisotopic (exact) mass is 369 g/mol. The van der Waals surface area contributed by atoms with Crippen LogP contribution in [0, 0.1) is 0 Å². The van der Waals surface area contributed by atoms with Crippen molar-refractivity contribution in [1.29, 1.82) is 0 Å². The van der Waals surface area contributed by atoms with Gasteiger partial charge in [-0.25, -0.2) is 4.99 Å². The predicted octanol–water partition coefficient (Wildman–Crippen LogP) is 2.88. The number of alkyl halides is 3. The molecule has 0 aromatic heterocycles. The Labute approximate surface area is 149 Å². The third-order valence-electron chi connectivity index (χ3n) is 4.58. The van der Waals surface area contributed by atoms with Crippen LogP contribution < -0.4 is 16.4 Å². The van der Waals surface area contributed by atoms with Gasteiger partial charge in [-0.1, -0.05) is 18.6 Å². The largest absolute Gasteiger partial charge is 0.411 e. The van der Waals surface area contributed by atoms with Gasteiger partial charge in [-0.2, -0.15) is 18.2 Å². The molecular weight excluding hydrogens is 347 g/mol. The summed E-state index contributed by atoms with van der Waals surface area (Å²) >= 11 is 0. The summed E-state index contributed by atoms with van der Waals surface area (Å²) in [6, 6.07) is 7.03. The summed E-state index contributed by atoms with van der Waals surface area (Å²) in [6.45, 7) is -1.38. The fraction of sp³-hybridized carbons (Fsp3) is 0.529. The van der Waals surface area contributed by atoms with Crippen molar-refractivity contribution >= 4 is 17.6 Å². The third kappa shape index (κ3) is 4.09. The number of benzene rings is 1. The van der Waals surface area contributed by atoms with E-state index in [2.05, 4.69) is 14.7 Å². The molecule has 0 radical (unpaired) electrons. The van der Waals surface area contributed by atoms with Crippen LogP contribution >= 0.6 is 0 Å². The number of aliphatic imine (C=N–C) groups is 2. The standard InChI is InChI=1S/C17H22F3N5O/c18-17(19,20)11-26-10-12-4-6-13(7-5-12)25-15(22)23-14(21)24-16(25)8-2-1-3-9-16/h4-7H,1-3,8-11H2,(H4,21,22,23,24). The number of guanidine groups is 2. The fourth-order valence-electron chi connectivity index (χ4n) is 3.52. The molecule has 1 aromatic rings. The lowest BCUT2D eigenvalue weighted by Crippen LogP contribution is -2.58. The maximum atomic E-state index is 12.2. The summed E-state index contributed by atoms with van der Waals surface area (Å²) < 4.78 is 41.2. The van der Waals surface area contributed by atoms with Crippen LogP contribution in [-0.4, -0.2) is 30.4 Å². The van der Waals surface area contributed by atoms with Crippen molar-refractivity contribution in [3.63, 3.8) is 0 Å². The van der Waals surface area contributed by atoms with Crippen LogP contribution in [0.3, 0.4) is 0 Å². The maximum Gasteiger partial charge on any atom is 0.411 e. The molecule has 9 heteroatoms. The van der Waals surface area contributed by atoms with Gasteiger partial charge in [0.15, 0.2) is 0 Å². The van der Waals surface area contributed by atoms with Crippen LogP contribution in [0.15, 0.2) is 34.3 Å². The molecule has 6 nitrogen and oxygen atoms in total. The van der Waals surface area contributed by atoms with Crippen molar-refractivity contribution in [3.05, 3.63) is 29.8 Å². The number of halogens is 3.